The van der Waals surface area contributed by atoms with Crippen molar-refractivity contribution >= 4 is 23.0 Å². The van der Waals surface area contributed by atoms with Crippen LogP contribution in [-0.4, -0.2) is 30.8 Å². The van der Waals surface area contributed by atoms with E-state index in [9.17, 15) is 0 Å². The van der Waals surface area contributed by atoms with E-state index >= 15 is 0 Å². The van der Waals surface area contributed by atoms with Crippen LogP contribution >= 0.6 is 12.2 Å². The van der Waals surface area contributed by atoms with E-state index in [2.05, 4.69) is 53.5 Å². The third-order valence-corrected chi connectivity index (χ3v) is 4.95. The van der Waals surface area contributed by atoms with E-state index in [1.54, 1.807) is 14.2 Å². The Balaban J connectivity index is 1.74. The summed E-state index contributed by atoms with van der Waals surface area (Å²) in [6.45, 7) is 3.82. The van der Waals surface area contributed by atoms with E-state index in [0.717, 1.165) is 48.2 Å². The first kappa shape index (κ1) is 17.5. The van der Waals surface area contributed by atoms with Gasteiger partial charge in [-0.25, -0.2) is 0 Å². The predicted octanol–water partition coefficient (Wildman–Crippen LogP) is 4.02. The number of rotatable bonds is 4. The fourth-order valence-corrected chi connectivity index (χ4v) is 3.40. The highest BCUT2D eigenvalue weighted by Crippen LogP contribution is 2.33. The summed E-state index contributed by atoms with van der Waals surface area (Å²) in [4.78, 5) is 2.20. The zero-order valence-corrected chi connectivity index (χ0v) is 15.8. The molecule has 0 saturated heterocycles. The average molecular weight is 356 g/mol. The fourth-order valence-electron chi connectivity index (χ4n) is 3.13. The molecule has 0 saturated carbocycles. The molecule has 0 aliphatic carbocycles. The van der Waals surface area contributed by atoms with Gasteiger partial charge in [-0.2, -0.15) is 0 Å². The number of hydrogen-bond donors (Lipinski definition) is 1. The van der Waals surface area contributed by atoms with Crippen molar-refractivity contribution in [3.63, 3.8) is 0 Å². The molecule has 0 atom stereocenters. The van der Waals surface area contributed by atoms with Crippen LogP contribution in [-0.2, 0) is 19.4 Å². The zero-order chi connectivity index (χ0) is 17.8. The molecule has 0 bridgehead atoms. The molecule has 0 radical (unpaired) electrons. The van der Waals surface area contributed by atoms with Gasteiger partial charge in [-0.05, 0) is 66.0 Å². The van der Waals surface area contributed by atoms with E-state index in [0.29, 0.717) is 0 Å². The molecule has 132 valence electrons. The lowest BCUT2D eigenvalue weighted by Crippen LogP contribution is -2.38. The van der Waals surface area contributed by atoms with E-state index in [-0.39, 0.29) is 0 Å². The molecule has 2 aromatic carbocycles. The van der Waals surface area contributed by atoms with Gasteiger partial charge in [0.2, 0.25) is 0 Å². The van der Waals surface area contributed by atoms with Crippen LogP contribution in [0.2, 0.25) is 0 Å². The first-order chi connectivity index (χ1) is 12.1. The maximum atomic E-state index is 5.63. The van der Waals surface area contributed by atoms with Crippen LogP contribution in [0.1, 0.15) is 23.6 Å². The number of nitrogens with zero attached hydrogens (tertiary/aromatic N) is 1. The monoisotopic (exact) mass is 356 g/mol. The summed E-state index contributed by atoms with van der Waals surface area (Å²) in [5.41, 5.74) is 4.87. The van der Waals surface area contributed by atoms with Gasteiger partial charge in [0.25, 0.3) is 0 Å². The van der Waals surface area contributed by atoms with Crippen molar-refractivity contribution in [3.8, 4) is 11.5 Å². The molecule has 0 spiro atoms. The van der Waals surface area contributed by atoms with Crippen molar-refractivity contribution < 1.29 is 9.47 Å². The first-order valence-electron chi connectivity index (χ1n) is 8.53. The van der Waals surface area contributed by atoms with Crippen LogP contribution in [0.5, 0.6) is 11.5 Å². The van der Waals surface area contributed by atoms with Gasteiger partial charge in [0, 0.05) is 18.8 Å². The van der Waals surface area contributed by atoms with Gasteiger partial charge < -0.3 is 19.7 Å². The van der Waals surface area contributed by atoms with Crippen LogP contribution in [0.3, 0.4) is 0 Å². The molecule has 1 heterocycles. The number of anilines is 1. The van der Waals surface area contributed by atoms with Gasteiger partial charge in [-0.3, -0.25) is 0 Å². The molecule has 25 heavy (non-hydrogen) atoms. The normalized spacial score (nSPS) is 13.2. The topological polar surface area (TPSA) is 33.7 Å². The van der Waals surface area contributed by atoms with Crippen molar-refractivity contribution in [2.24, 2.45) is 0 Å². The lowest BCUT2D eigenvalue weighted by Gasteiger charge is -2.31. The quantitative estimate of drug-likeness (QED) is 0.837. The Morgan fingerprint density at radius 1 is 1.12 bits per heavy atom. The highest BCUT2D eigenvalue weighted by atomic mass is 32.1. The molecule has 3 rings (SSSR count). The Morgan fingerprint density at radius 2 is 1.84 bits per heavy atom. The van der Waals surface area contributed by atoms with Crippen molar-refractivity contribution in [3.05, 3.63) is 53.1 Å². The molecule has 0 unspecified atom stereocenters. The van der Waals surface area contributed by atoms with Gasteiger partial charge in [0.15, 0.2) is 16.6 Å². The largest absolute Gasteiger partial charge is 0.493 e. The summed E-state index contributed by atoms with van der Waals surface area (Å²) in [5, 5.41) is 4.13. The van der Waals surface area contributed by atoms with Crippen LogP contribution in [0.4, 0.5) is 5.69 Å². The van der Waals surface area contributed by atoms with Gasteiger partial charge in [0.05, 0.1) is 14.2 Å². The molecule has 1 aliphatic rings. The summed E-state index contributed by atoms with van der Waals surface area (Å²) in [6, 6.07) is 12.5. The van der Waals surface area contributed by atoms with Crippen LogP contribution in [0, 0.1) is 0 Å². The summed E-state index contributed by atoms with van der Waals surface area (Å²) >= 11 is 5.63. The second-order valence-electron chi connectivity index (χ2n) is 6.13. The first-order valence-corrected chi connectivity index (χ1v) is 8.94. The molecule has 4 nitrogen and oxygen atoms in total. The molecule has 1 aliphatic heterocycles. The molecule has 0 amide bonds. The van der Waals surface area contributed by atoms with Crippen LogP contribution in [0.25, 0.3) is 0 Å². The molecule has 0 aromatic heterocycles. The number of hydrogen-bond acceptors (Lipinski definition) is 3. The Kier molecular flexibility index (Phi) is 5.43. The number of benzene rings is 2. The Labute approximate surface area is 154 Å². The van der Waals surface area contributed by atoms with E-state index in [1.165, 1.54) is 16.7 Å². The van der Waals surface area contributed by atoms with Crippen LogP contribution < -0.4 is 14.8 Å². The highest BCUT2D eigenvalue weighted by Gasteiger charge is 2.21. The molecular formula is C20H24N2O2S. The SMILES string of the molecule is CCc1cccc(NC(=S)N2CCc3cc(OC)c(OC)cc3C2)c1. The minimum absolute atomic E-state index is 0.758. The third kappa shape index (κ3) is 3.87. The molecule has 5 heteroatoms. The minimum Gasteiger partial charge on any atom is -0.493 e. The van der Waals surface area contributed by atoms with Gasteiger partial charge in [-0.15, -0.1) is 0 Å². The fraction of sp³-hybridized carbons (Fsp3) is 0.350. The Morgan fingerprint density at radius 3 is 2.52 bits per heavy atom. The van der Waals surface area contributed by atoms with Crippen molar-refractivity contribution in [2.75, 3.05) is 26.1 Å². The number of aryl methyl sites for hydroxylation is 1. The Bertz CT molecular complexity index is 776. The maximum Gasteiger partial charge on any atom is 0.173 e. The van der Waals surface area contributed by atoms with E-state index in [4.69, 9.17) is 21.7 Å². The minimum atomic E-state index is 0.758. The van der Waals surface area contributed by atoms with E-state index in [1.807, 2.05) is 0 Å². The van der Waals surface area contributed by atoms with E-state index < -0.39 is 0 Å². The van der Waals surface area contributed by atoms with Gasteiger partial charge in [-0.1, -0.05) is 19.1 Å². The maximum absolute atomic E-state index is 5.63. The van der Waals surface area contributed by atoms with Crippen molar-refractivity contribution in [1.82, 2.24) is 4.90 Å². The molecule has 1 N–H and O–H groups in total. The number of fused-ring (bicyclic) bond motifs is 1. The second-order valence-corrected chi connectivity index (χ2v) is 6.52. The number of thiocarbonyl (C=S) groups is 1. The summed E-state index contributed by atoms with van der Waals surface area (Å²) in [5.74, 6) is 1.55. The Hall–Kier alpha value is -2.27. The smallest absolute Gasteiger partial charge is 0.173 e. The molecule has 0 fully saturated rings. The van der Waals surface area contributed by atoms with Crippen molar-refractivity contribution in [2.45, 2.75) is 26.3 Å². The average Bonchev–Trinajstić information content (AvgIpc) is 2.66. The predicted molar refractivity (Wildman–Crippen MR) is 106 cm³/mol. The zero-order valence-electron chi connectivity index (χ0n) is 15.0. The molecular weight excluding hydrogens is 332 g/mol. The van der Waals surface area contributed by atoms with Crippen molar-refractivity contribution in [1.29, 1.82) is 0 Å². The summed E-state index contributed by atoms with van der Waals surface area (Å²) < 4.78 is 10.8. The van der Waals surface area contributed by atoms with Crippen LogP contribution in [0.15, 0.2) is 36.4 Å². The number of methoxy groups -OCH3 is 2. The third-order valence-electron chi connectivity index (χ3n) is 4.59. The lowest BCUT2D eigenvalue weighted by molar-refractivity contribution is 0.348. The van der Waals surface area contributed by atoms with Gasteiger partial charge in [0.1, 0.15) is 0 Å². The second kappa shape index (κ2) is 7.74. The van der Waals surface area contributed by atoms with Gasteiger partial charge >= 0.3 is 0 Å². The summed E-state index contributed by atoms with van der Waals surface area (Å²) in [7, 11) is 3.33. The highest BCUT2D eigenvalue weighted by molar-refractivity contribution is 7.80. The molecule has 2 aromatic rings. The number of ether oxygens (including phenoxy) is 2. The standard InChI is InChI=1S/C20H24N2O2S/c1-4-14-6-5-7-17(10-14)21-20(25)22-9-8-15-11-18(23-2)19(24-3)12-16(15)13-22/h5-7,10-12H,4,8-9,13H2,1-3H3,(H,21,25). The summed E-state index contributed by atoms with van der Waals surface area (Å²) in [6.07, 6.45) is 1.95. The number of nitrogens with one attached hydrogen (secondary N) is 1. The lowest BCUT2D eigenvalue weighted by atomic mass is 9.99.